The van der Waals surface area contributed by atoms with Crippen LogP contribution >= 0.6 is 0 Å². The highest BCUT2D eigenvalue weighted by molar-refractivity contribution is 5.75. The zero-order chi connectivity index (χ0) is 13.1. The van der Waals surface area contributed by atoms with Crippen LogP contribution in [0.15, 0.2) is 18.2 Å². The van der Waals surface area contributed by atoms with Gasteiger partial charge in [0.05, 0.1) is 23.7 Å². The second-order valence-electron chi connectivity index (χ2n) is 5.27. The molecule has 0 unspecified atom stereocenters. The van der Waals surface area contributed by atoms with Crippen LogP contribution in [0.5, 0.6) is 0 Å². The van der Waals surface area contributed by atoms with E-state index in [0.29, 0.717) is 6.10 Å². The van der Waals surface area contributed by atoms with E-state index in [9.17, 15) is 0 Å². The molecule has 1 aromatic heterocycles. The summed E-state index contributed by atoms with van der Waals surface area (Å²) < 4.78 is 5.91. The third kappa shape index (κ3) is 3.14. The lowest BCUT2D eigenvalue weighted by atomic mass is 10.1. The predicted molar refractivity (Wildman–Crippen MR) is 76.4 cm³/mol. The van der Waals surface area contributed by atoms with Gasteiger partial charge in [-0.15, -0.1) is 0 Å². The van der Waals surface area contributed by atoms with Crippen molar-refractivity contribution in [3.63, 3.8) is 0 Å². The average Bonchev–Trinajstić information content (AvgIpc) is 2.82. The molecule has 0 aliphatic carbocycles. The molecule has 102 valence electrons. The van der Waals surface area contributed by atoms with Gasteiger partial charge in [-0.3, -0.25) is 0 Å². The Bertz CT molecular complexity index is 543. The third-order valence-corrected chi connectivity index (χ3v) is 3.67. The van der Waals surface area contributed by atoms with Crippen molar-refractivity contribution < 1.29 is 4.74 Å². The topological polar surface area (TPSA) is 49.9 Å². The van der Waals surface area contributed by atoms with Gasteiger partial charge in [-0.2, -0.15) is 0 Å². The van der Waals surface area contributed by atoms with Gasteiger partial charge in [0.15, 0.2) is 0 Å². The van der Waals surface area contributed by atoms with Gasteiger partial charge >= 0.3 is 0 Å². The molecule has 19 heavy (non-hydrogen) atoms. The van der Waals surface area contributed by atoms with Crippen molar-refractivity contribution >= 4 is 11.0 Å². The van der Waals surface area contributed by atoms with Crippen molar-refractivity contribution in [2.45, 2.75) is 32.3 Å². The maximum atomic E-state index is 5.91. The molecule has 0 radical (unpaired) electrons. The molecule has 2 heterocycles. The van der Waals surface area contributed by atoms with Crippen molar-refractivity contribution in [3.05, 3.63) is 29.6 Å². The SMILES string of the molecule is Cc1ccc2nc(CCOC3CCNCC3)[nH]c2c1. The van der Waals surface area contributed by atoms with Gasteiger partial charge in [-0.1, -0.05) is 6.07 Å². The van der Waals surface area contributed by atoms with Gasteiger partial charge in [0, 0.05) is 6.42 Å². The number of aromatic nitrogens is 2. The smallest absolute Gasteiger partial charge is 0.109 e. The zero-order valence-electron chi connectivity index (χ0n) is 11.4. The molecule has 1 aromatic carbocycles. The highest BCUT2D eigenvalue weighted by atomic mass is 16.5. The number of nitrogens with one attached hydrogen (secondary N) is 2. The minimum Gasteiger partial charge on any atom is -0.378 e. The lowest BCUT2D eigenvalue weighted by molar-refractivity contribution is 0.0343. The molecular weight excluding hydrogens is 238 g/mol. The number of hydrogen-bond acceptors (Lipinski definition) is 3. The first kappa shape index (κ1) is 12.6. The molecule has 2 N–H and O–H groups in total. The summed E-state index contributed by atoms with van der Waals surface area (Å²) in [5.41, 5.74) is 3.42. The summed E-state index contributed by atoms with van der Waals surface area (Å²) in [4.78, 5) is 7.96. The molecule has 0 spiro atoms. The Kier molecular flexibility index (Phi) is 3.80. The number of piperidine rings is 1. The van der Waals surface area contributed by atoms with Crippen LogP contribution in [0.4, 0.5) is 0 Å². The average molecular weight is 259 g/mol. The molecule has 1 saturated heterocycles. The number of benzene rings is 1. The van der Waals surface area contributed by atoms with Gasteiger partial charge in [0.1, 0.15) is 5.82 Å². The molecule has 1 fully saturated rings. The quantitative estimate of drug-likeness (QED) is 0.885. The second kappa shape index (κ2) is 5.72. The van der Waals surface area contributed by atoms with E-state index in [1.54, 1.807) is 0 Å². The molecule has 3 rings (SSSR count). The fraction of sp³-hybridized carbons (Fsp3) is 0.533. The Morgan fingerprint density at radius 1 is 1.32 bits per heavy atom. The minimum absolute atomic E-state index is 0.424. The van der Waals surface area contributed by atoms with Crippen molar-refractivity contribution in [2.24, 2.45) is 0 Å². The van der Waals surface area contributed by atoms with E-state index >= 15 is 0 Å². The molecule has 1 aliphatic heterocycles. The molecule has 1 aliphatic rings. The standard InChI is InChI=1S/C15H21N3O/c1-11-2-3-13-14(10-11)18-15(17-13)6-9-19-12-4-7-16-8-5-12/h2-3,10,12,16H,4-9H2,1H3,(H,17,18). The van der Waals surface area contributed by atoms with E-state index in [4.69, 9.17) is 4.74 Å². The summed E-state index contributed by atoms with van der Waals surface area (Å²) in [6.45, 7) is 5.01. The first-order valence-electron chi connectivity index (χ1n) is 7.09. The highest BCUT2D eigenvalue weighted by Gasteiger charge is 2.13. The minimum atomic E-state index is 0.424. The fourth-order valence-corrected chi connectivity index (χ4v) is 2.58. The van der Waals surface area contributed by atoms with Crippen LogP contribution in [0, 0.1) is 6.92 Å². The predicted octanol–water partition coefficient (Wildman–Crippen LogP) is 2.18. The Balaban J connectivity index is 1.56. The van der Waals surface area contributed by atoms with Crippen LogP contribution < -0.4 is 5.32 Å². The van der Waals surface area contributed by atoms with Crippen molar-refractivity contribution in [1.82, 2.24) is 15.3 Å². The summed E-state index contributed by atoms with van der Waals surface area (Å²) in [5.74, 6) is 1.02. The summed E-state index contributed by atoms with van der Waals surface area (Å²) in [5, 5.41) is 3.35. The van der Waals surface area contributed by atoms with Crippen LogP contribution in [0.3, 0.4) is 0 Å². The van der Waals surface area contributed by atoms with E-state index < -0.39 is 0 Å². The third-order valence-electron chi connectivity index (χ3n) is 3.67. The number of hydrogen-bond donors (Lipinski definition) is 2. The van der Waals surface area contributed by atoms with Gasteiger partial charge in [0.2, 0.25) is 0 Å². The molecule has 2 aromatic rings. The second-order valence-corrected chi connectivity index (χ2v) is 5.27. The summed E-state index contributed by atoms with van der Waals surface area (Å²) in [6, 6.07) is 6.30. The van der Waals surface area contributed by atoms with Gasteiger partial charge in [0.25, 0.3) is 0 Å². The lowest BCUT2D eigenvalue weighted by Gasteiger charge is -2.22. The van der Waals surface area contributed by atoms with Gasteiger partial charge in [-0.25, -0.2) is 4.98 Å². The van der Waals surface area contributed by atoms with Crippen LogP contribution in [-0.4, -0.2) is 35.8 Å². The number of aryl methyl sites for hydroxylation is 1. The molecule has 0 amide bonds. The zero-order valence-corrected chi connectivity index (χ0v) is 11.4. The Labute approximate surface area is 113 Å². The van der Waals surface area contributed by atoms with Gasteiger partial charge < -0.3 is 15.0 Å². The molecule has 0 bridgehead atoms. The molecule has 4 heteroatoms. The first-order chi connectivity index (χ1) is 9.31. The van der Waals surface area contributed by atoms with E-state index in [1.807, 2.05) is 0 Å². The highest BCUT2D eigenvalue weighted by Crippen LogP contribution is 2.14. The number of aromatic amines is 1. The maximum Gasteiger partial charge on any atom is 0.109 e. The van der Waals surface area contributed by atoms with Crippen LogP contribution in [0.1, 0.15) is 24.2 Å². The van der Waals surface area contributed by atoms with Crippen molar-refractivity contribution in [1.29, 1.82) is 0 Å². The van der Waals surface area contributed by atoms with Crippen molar-refractivity contribution in [2.75, 3.05) is 19.7 Å². The van der Waals surface area contributed by atoms with Crippen LogP contribution in [0.25, 0.3) is 11.0 Å². The molecule has 0 saturated carbocycles. The number of fused-ring (bicyclic) bond motifs is 1. The van der Waals surface area contributed by atoms with E-state index in [-0.39, 0.29) is 0 Å². The van der Waals surface area contributed by atoms with E-state index in [1.165, 1.54) is 5.56 Å². The van der Waals surface area contributed by atoms with Gasteiger partial charge in [-0.05, 0) is 50.6 Å². The van der Waals surface area contributed by atoms with Crippen LogP contribution in [0.2, 0.25) is 0 Å². The Hall–Kier alpha value is -1.39. The van der Waals surface area contributed by atoms with E-state index in [0.717, 1.165) is 55.8 Å². The van der Waals surface area contributed by atoms with Crippen molar-refractivity contribution in [3.8, 4) is 0 Å². The normalized spacial score (nSPS) is 17.1. The summed E-state index contributed by atoms with van der Waals surface area (Å²) >= 11 is 0. The Morgan fingerprint density at radius 3 is 3.00 bits per heavy atom. The first-order valence-corrected chi connectivity index (χ1v) is 7.09. The molecule has 0 atom stereocenters. The maximum absolute atomic E-state index is 5.91. The Morgan fingerprint density at radius 2 is 2.16 bits per heavy atom. The largest absolute Gasteiger partial charge is 0.378 e. The molecule has 4 nitrogen and oxygen atoms in total. The summed E-state index contributed by atoms with van der Waals surface area (Å²) in [7, 11) is 0. The number of ether oxygens (including phenoxy) is 1. The number of imidazole rings is 1. The molecular formula is C15H21N3O. The number of H-pyrrole nitrogens is 1. The number of rotatable bonds is 4. The van der Waals surface area contributed by atoms with E-state index in [2.05, 4.69) is 40.4 Å². The van der Waals surface area contributed by atoms with Crippen LogP contribution in [-0.2, 0) is 11.2 Å². The monoisotopic (exact) mass is 259 g/mol. The summed E-state index contributed by atoms with van der Waals surface area (Å²) in [6.07, 6.45) is 3.53. The lowest BCUT2D eigenvalue weighted by Crippen LogP contribution is -2.32. The number of nitrogens with zero attached hydrogens (tertiary/aromatic N) is 1. The fourth-order valence-electron chi connectivity index (χ4n) is 2.58.